The van der Waals surface area contributed by atoms with Crippen molar-refractivity contribution in [2.24, 2.45) is 0 Å². The lowest BCUT2D eigenvalue weighted by Crippen LogP contribution is -2.07. The van der Waals surface area contributed by atoms with Crippen LogP contribution in [0.25, 0.3) is 10.6 Å². The van der Waals surface area contributed by atoms with Gasteiger partial charge >= 0.3 is 5.97 Å². The molecule has 0 saturated heterocycles. The summed E-state index contributed by atoms with van der Waals surface area (Å²) in [6.07, 6.45) is 1.54. The highest BCUT2D eigenvalue weighted by Gasteiger charge is 2.17. The van der Waals surface area contributed by atoms with Crippen LogP contribution in [-0.4, -0.2) is 16.1 Å². The number of carboxylic acids is 1. The van der Waals surface area contributed by atoms with Crippen molar-refractivity contribution in [2.75, 3.05) is 0 Å². The van der Waals surface area contributed by atoms with Crippen LogP contribution in [0.4, 0.5) is 0 Å². The monoisotopic (exact) mass is 261 g/mol. The highest BCUT2D eigenvalue weighted by Crippen LogP contribution is 2.34. The molecule has 0 spiro atoms. The fraction of sp³-hybridized carbons (Fsp3) is 0.286. The van der Waals surface area contributed by atoms with Crippen molar-refractivity contribution in [3.8, 4) is 10.6 Å². The molecule has 2 heterocycles. The predicted octanol–water partition coefficient (Wildman–Crippen LogP) is 3.81. The normalized spacial score (nSPS) is 11.5. The third-order valence-corrected chi connectivity index (χ3v) is 4.14. The zero-order valence-corrected chi connectivity index (χ0v) is 11.4. The van der Waals surface area contributed by atoms with Crippen molar-refractivity contribution in [3.63, 3.8) is 0 Å². The number of carboxylic acid groups (broad SMARTS) is 1. The topological polar surface area (TPSA) is 50.2 Å². The lowest BCUT2D eigenvalue weighted by molar-refractivity contribution is 0.0697. The van der Waals surface area contributed by atoms with Crippen molar-refractivity contribution < 1.29 is 9.90 Å². The van der Waals surface area contributed by atoms with Crippen LogP contribution in [0.2, 0.25) is 0 Å². The molecule has 0 saturated carbocycles. The molecular weight excluding hydrogens is 246 g/mol. The van der Waals surface area contributed by atoms with E-state index in [1.54, 1.807) is 17.4 Å². The molecule has 2 rings (SSSR count). The van der Waals surface area contributed by atoms with Crippen molar-refractivity contribution in [1.29, 1.82) is 0 Å². The van der Waals surface area contributed by atoms with E-state index >= 15 is 0 Å². The molecule has 94 valence electrons. The molecule has 4 heteroatoms. The Kier molecular flexibility index (Phi) is 3.22. The molecule has 0 amide bonds. The van der Waals surface area contributed by atoms with Gasteiger partial charge in [0, 0.05) is 11.1 Å². The third-order valence-electron chi connectivity index (χ3n) is 2.60. The summed E-state index contributed by atoms with van der Waals surface area (Å²) in [4.78, 5) is 17.4. The van der Waals surface area contributed by atoms with Crippen LogP contribution in [0.15, 0.2) is 30.5 Å². The molecule has 18 heavy (non-hydrogen) atoms. The van der Waals surface area contributed by atoms with E-state index in [1.165, 1.54) is 17.1 Å². The van der Waals surface area contributed by atoms with E-state index in [9.17, 15) is 4.79 Å². The average Bonchev–Trinajstić information content (AvgIpc) is 2.78. The van der Waals surface area contributed by atoms with Crippen LogP contribution < -0.4 is 0 Å². The van der Waals surface area contributed by atoms with Crippen LogP contribution >= 0.6 is 11.3 Å². The second-order valence-corrected chi connectivity index (χ2v) is 6.23. The van der Waals surface area contributed by atoms with Gasteiger partial charge in [-0.2, -0.15) is 0 Å². The summed E-state index contributed by atoms with van der Waals surface area (Å²) in [5.74, 6) is -0.925. The van der Waals surface area contributed by atoms with E-state index in [1.807, 2.05) is 6.07 Å². The second-order valence-electron chi connectivity index (χ2n) is 5.15. The number of carbonyl (C=O) groups is 1. The maximum Gasteiger partial charge on any atom is 0.335 e. The van der Waals surface area contributed by atoms with E-state index < -0.39 is 5.97 Å². The Morgan fingerprint density at radius 3 is 2.56 bits per heavy atom. The van der Waals surface area contributed by atoms with Gasteiger partial charge in [-0.15, -0.1) is 11.3 Å². The Hall–Kier alpha value is -1.68. The number of hydrogen-bond donors (Lipinski definition) is 1. The van der Waals surface area contributed by atoms with Crippen molar-refractivity contribution in [1.82, 2.24) is 4.98 Å². The molecule has 0 aliphatic heterocycles. The standard InChI is InChI=1S/C14H15NO2S/c1-14(2,3)12-5-4-11(18-12)10-8-9(13(16)17)6-7-15-10/h4-8H,1-3H3,(H,16,17). The first-order valence-corrected chi connectivity index (χ1v) is 6.49. The number of aromatic carboxylic acids is 1. The Morgan fingerprint density at radius 1 is 1.28 bits per heavy atom. The smallest absolute Gasteiger partial charge is 0.335 e. The first-order valence-electron chi connectivity index (χ1n) is 5.68. The van der Waals surface area contributed by atoms with Gasteiger partial charge in [0.25, 0.3) is 0 Å². The molecular formula is C14H15NO2S. The van der Waals surface area contributed by atoms with Crippen molar-refractivity contribution >= 4 is 17.3 Å². The van der Waals surface area contributed by atoms with Crippen molar-refractivity contribution in [2.45, 2.75) is 26.2 Å². The van der Waals surface area contributed by atoms with Gasteiger partial charge in [0.05, 0.1) is 16.1 Å². The molecule has 3 nitrogen and oxygen atoms in total. The maximum atomic E-state index is 10.9. The van der Waals surface area contributed by atoms with Crippen molar-refractivity contribution in [3.05, 3.63) is 40.9 Å². The van der Waals surface area contributed by atoms with Gasteiger partial charge in [0.15, 0.2) is 0 Å². The number of pyridine rings is 1. The summed E-state index contributed by atoms with van der Waals surface area (Å²) in [7, 11) is 0. The van der Waals surface area contributed by atoms with Gasteiger partial charge in [0.2, 0.25) is 0 Å². The van der Waals surface area contributed by atoms with Gasteiger partial charge in [-0.3, -0.25) is 4.98 Å². The van der Waals surface area contributed by atoms with Gasteiger partial charge < -0.3 is 5.11 Å². The molecule has 0 bridgehead atoms. The quantitative estimate of drug-likeness (QED) is 0.894. The Bertz CT molecular complexity index is 581. The average molecular weight is 261 g/mol. The Labute approximate surface area is 110 Å². The lowest BCUT2D eigenvalue weighted by Gasteiger charge is -2.15. The highest BCUT2D eigenvalue weighted by atomic mass is 32.1. The zero-order valence-electron chi connectivity index (χ0n) is 10.6. The molecule has 0 radical (unpaired) electrons. The number of thiophene rings is 1. The fourth-order valence-electron chi connectivity index (χ4n) is 1.58. The van der Waals surface area contributed by atoms with Crippen LogP contribution in [0.5, 0.6) is 0 Å². The Morgan fingerprint density at radius 2 is 2.00 bits per heavy atom. The van der Waals surface area contributed by atoms with Gasteiger partial charge in [-0.1, -0.05) is 20.8 Å². The van der Waals surface area contributed by atoms with Gasteiger partial charge in [0.1, 0.15) is 0 Å². The van der Waals surface area contributed by atoms with Crippen LogP contribution in [-0.2, 0) is 5.41 Å². The summed E-state index contributed by atoms with van der Waals surface area (Å²) >= 11 is 1.66. The first kappa shape index (κ1) is 12.8. The highest BCUT2D eigenvalue weighted by molar-refractivity contribution is 7.15. The van der Waals surface area contributed by atoms with Crippen LogP contribution in [0, 0.1) is 0 Å². The van der Waals surface area contributed by atoms with E-state index in [0.717, 1.165) is 10.6 Å². The SMILES string of the molecule is CC(C)(C)c1ccc(-c2cc(C(=O)O)ccn2)s1. The fourth-order valence-corrected chi connectivity index (χ4v) is 2.61. The molecule has 0 aliphatic carbocycles. The summed E-state index contributed by atoms with van der Waals surface area (Å²) in [6, 6.07) is 7.19. The number of hydrogen-bond acceptors (Lipinski definition) is 3. The molecule has 0 atom stereocenters. The van der Waals surface area contributed by atoms with Gasteiger partial charge in [-0.05, 0) is 29.7 Å². The summed E-state index contributed by atoms with van der Waals surface area (Å²) in [5, 5.41) is 8.97. The van der Waals surface area contributed by atoms with E-state index in [4.69, 9.17) is 5.11 Å². The minimum absolute atomic E-state index is 0.104. The third kappa shape index (κ3) is 2.59. The van der Waals surface area contributed by atoms with Crippen LogP contribution in [0.3, 0.4) is 0 Å². The number of nitrogens with zero attached hydrogens (tertiary/aromatic N) is 1. The zero-order chi connectivity index (χ0) is 13.3. The number of aromatic nitrogens is 1. The summed E-state index contributed by atoms with van der Waals surface area (Å²) in [5.41, 5.74) is 1.09. The molecule has 0 aromatic carbocycles. The molecule has 2 aromatic heterocycles. The Balaban J connectivity index is 2.40. The van der Waals surface area contributed by atoms with Gasteiger partial charge in [-0.25, -0.2) is 4.79 Å². The minimum atomic E-state index is -0.925. The first-order chi connectivity index (χ1) is 8.38. The van der Waals surface area contributed by atoms with E-state index in [2.05, 4.69) is 31.8 Å². The summed E-state index contributed by atoms with van der Waals surface area (Å²) in [6.45, 7) is 6.47. The lowest BCUT2D eigenvalue weighted by atomic mass is 9.95. The maximum absolute atomic E-state index is 10.9. The molecule has 0 unspecified atom stereocenters. The molecule has 0 fully saturated rings. The molecule has 1 N–H and O–H groups in total. The second kappa shape index (κ2) is 4.53. The van der Waals surface area contributed by atoms with Crippen LogP contribution in [0.1, 0.15) is 36.0 Å². The number of rotatable bonds is 2. The minimum Gasteiger partial charge on any atom is -0.478 e. The van der Waals surface area contributed by atoms with E-state index in [0.29, 0.717) is 0 Å². The largest absolute Gasteiger partial charge is 0.478 e. The molecule has 2 aromatic rings. The molecule has 0 aliphatic rings. The van der Waals surface area contributed by atoms with E-state index in [-0.39, 0.29) is 11.0 Å². The summed E-state index contributed by atoms with van der Waals surface area (Å²) < 4.78 is 0. The predicted molar refractivity (Wildman–Crippen MR) is 73.2 cm³/mol.